The van der Waals surface area contributed by atoms with Crippen molar-refractivity contribution >= 4 is 0 Å². The Morgan fingerprint density at radius 2 is 2.00 bits per heavy atom. The number of fused-ring (bicyclic) bond motifs is 1. The Hall–Kier alpha value is -1.70. The van der Waals surface area contributed by atoms with Crippen molar-refractivity contribution in [2.45, 2.75) is 39.2 Å². The number of hydrogen-bond acceptors (Lipinski definition) is 2. The number of piperidine rings is 1. The van der Waals surface area contributed by atoms with Crippen molar-refractivity contribution in [1.29, 1.82) is 0 Å². The summed E-state index contributed by atoms with van der Waals surface area (Å²) in [6, 6.07) is 10.1. The van der Waals surface area contributed by atoms with Crippen molar-refractivity contribution in [1.82, 2.24) is 4.90 Å². The first-order valence-corrected chi connectivity index (χ1v) is 8.40. The molecule has 1 saturated heterocycles. The fourth-order valence-electron chi connectivity index (χ4n) is 4.04. The maximum absolute atomic E-state index is 5.92. The number of nitrogens with zero attached hydrogens (tertiary/aromatic N) is 1. The molecule has 1 aromatic rings. The lowest BCUT2D eigenvalue weighted by Gasteiger charge is -2.52. The summed E-state index contributed by atoms with van der Waals surface area (Å²) < 4.78 is 5.92. The van der Waals surface area contributed by atoms with E-state index < -0.39 is 0 Å². The van der Waals surface area contributed by atoms with Crippen LogP contribution in [0.4, 0.5) is 0 Å². The smallest absolute Gasteiger partial charge is 0.119 e. The van der Waals surface area contributed by atoms with Crippen LogP contribution in [-0.4, -0.2) is 23.6 Å². The van der Waals surface area contributed by atoms with E-state index in [-0.39, 0.29) is 5.54 Å². The lowest BCUT2D eigenvalue weighted by molar-refractivity contribution is 0.0485. The van der Waals surface area contributed by atoms with Gasteiger partial charge in [0, 0.05) is 17.2 Å². The topological polar surface area (TPSA) is 12.5 Å². The van der Waals surface area contributed by atoms with Gasteiger partial charge in [-0.25, -0.2) is 0 Å². The van der Waals surface area contributed by atoms with Gasteiger partial charge in [0.25, 0.3) is 0 Å². The van der Waals surface area contributed by atoms with E-state index in [0.717, 1.165) is 24.8 Å². The van der Waals surface area contributed by atoms with Crippen molar-refractivity contribution < 1.29 is 4.74 Å². The van der Waals surface area contributed by atoms with Crippen LogP contribution in [0.2, 0.25) is 0 Å². The molecule has 1 fully saturated rings. The van der Waals surface area contributed by atoms with Gasteiger partial charge in [0.2, 0.25) is 0 Å². The van der Waals surface area contributed by atoms with E-state index in [1.807, 2.05) is 30.3 Å². The number of ether oxygens (including phenoxy) is 1. The predicted molar refractivity (Wildman–Crippen MR) is 91.8 cm³/mol. The lowest BCUT2D eigenvalue weighted by Crippen LogP contribution is -2.53. The van der Waals surface area contributed by atoms with E-state index in [2.05, 4.69) is 43.9 Å². The van der Waals surface area contributed by atoms with Crippen molar-refractivity contribution in [3.63, 3.8) is 0 Å². The van der Waals surface area contributed by atoms with E-state index in [9.17, 15) is 0 Å². The second kappa shape index (κ2) is 6.20. The summed E-state index contributed by atoms with van der Waals surface area (Å²) in [5, 5.41) is 0. The Balaban J connectivity index is 1.69. The zero-order valence-corrected chi connectivity index (χ0v) is 14.0. The van der Waals surface area contributed by atoms with Gasteiger partial charge >= 0.3 is 0 Å². The van der Waals surface area contributed by atoms with Gasteiger partial charge < -0.3 is 9.64 Å². The molecule has 22 heavy (non-hydrogen) atoms. The minimum atomic E-state index is 0.201. The molecule has 0 saturated carbocycles. The van der Waals surface area contributed by atoms with Crippen LogP contribution in [0.3, 0.4) is 0 Å². The van der Waals surface area contributed by atoms with Gasteiger partial charge in [-0.1, -0.05) is 37.3 Å². The summed E-state index contributed by atoms with van der Waals surface area (Å²) in [6.07, 6.45) is 9.26. The Morgan fingerprint density at radius 1 is 1.23 bits per heavy atom. The molecule has 1 aliphatic carbocycles. The van der Waals surface area contributed by atoms with Crippen LogP contribution >= 0.6 is 0 Å². The largest absolute Gasteiger partial charge is 0.492 e. The molecule has 0 amide bonds. The third-order valence-corrected chi connectivity index (χ3v) is 5.05. The van der Waals surface area contributed by atoms with E-state index in [1.54, 1.807) is 0 Å². The van der Waals surface area contributed by atoms with Crippen molar-refractivity contribution in [3.8, 4) is 5.75 Å². The summed E-state index contributed by atoms with van der Waals surface area (Å²) in [5.74, 6) is 2.38. The molecule has 2 nitrogen and oxygen atoms in total. The van der Waals surface area contributed by atoms with E-state index >= 15 is 0 Å². The van der Waals surface area contributed by atoms with Crippen LogP contribution in [0.1, 0.15) is 33.6 Å². The normalized spacial score (nSPS) is 26.3. The van der Waals surface area contributed by atoms with E-state index in [0.29, 0.717) is 5.92 Å². The molecule has 2 heteroatoms. The molecular weight excluding hydrogens is 270 g/mol. The number of rotatable bonds is 4. The van der Waals surface area contributed by atoms with Crippen LogP contribution in [0, 0.1) is 11.8 Å². The van der Waals surface area contributed by atoms with Crippen molar-refractivity contribution in [2.75, 3.05) is 13.2 Å². The molecular formula is C20H27NO. The summed E-state index contributed by atoms with van der Waals surface area (Å²) in [5.41, 5.74) is 1.70. The molecule has 2 aliphatic rings. The quantitative estimate of drug-likeness (QED) is 0.802. The van der Waals surface area contributed by atoms with Crippen molar-refractivity contribution in [3.05, 3.63) is 54.3 Å². The molecule has 3 rings (SSSR count). The van der Waals surface area contributed by atoms with Gasteiger partial charge in [0.15, 0.2) is 0 Å². The van der Waals surface area contributed by atoms with Gasteiger partial charge in [0.05, 0.1) is 6.54 Å². The SMILES string of the molecule is CC1CC(C)(C)N(CCOc2ccccc2)C2=CC=CCC21. The average Bonchev–Trinajstić information content (AvgIpc) is 2.51. The van der Waals surface area contributed by atoms with E-state index in [4.69, 9.17) is 4.74 Å². The number of benzene rings is 1. The zero-order valence-electron chi connectivity index (χ0n) is 14.0. The average molecular weight is 297 g/mol. The van der Waals surface area contributed by atoms with Gasteiger partial charge in [-0.05, 0) is 50.8 Å². The fraction of sp³-hybridized carbons (Fsp3) is 0.500. The van der Waals surface area contributed by atoms with Crippen LogP contribution < -0.4 is 4.74 Å². The van der Waals surface area contributed by atoms with Crippen molar-refractivity contribution in [2.24, 2.45) is 11.8 Å². The summed E-state index contributed by atoms with van der Waals surface area (Å²) in [6.45, 7) is 8.81. The highest BCUT2D eigenvalue weighted by Gasteiger charge is 2.41. The van der Waals surface area contributed by atoms with Gasteiger partial charge in [-0.2, -0.15) is 0 Å². The second-order valence-electron chi connectivity index (χ2n) is 7.17. The highest BCUT2D eigenvalue weighted by atomic mass is 16.5. The first-order valence-electron chi connectivity index (χ1n) is 8.40. The first-order chi connectivity index (χ1) is 10.6. The third-order valence-electron chi connectivity index (χ3n) is 5.05. The third kappa shape index (κ3) is 3.06. The predicted octanol–water partition coefficient (Wildman–Crippen LogP) is 4.65. The standard InChI is InChI=1S/C20H27NO/c1-16-15-20(2,3)21(19-12-8-7-11-18(16)19)13-14-22-17-9-5-4-6-10-17/h4-10,12,16,18H,11,13-15H2,1-3H3. The second-order valence-corrected chi connectivity index (χ2v) is 7.17. The number of allylic oxidation sites excluding steroid dienone is 4. The molecule has 1 aliphatic heterocycles. The molecule has 0 N–H and O–H groups in total. The molecule has 2 unspecified atom stereocenters. The van der Waals surface area contributed by atoms with Crippen LogP contribution in [0.5, 0.6) is 5.75 Å². The van der Waals surface area contributed by atoms with Crippen LogP contribution in [-0.2, 0) is 0 Å². The number of hydrogen-bond donors (Lipinski definition) is 0. The molecule has 0 spiro atoms. The fourth-order valence-corrected chi connectivity index (χ4v) is 4.04. The number of para-hydroxylation sites is 1. The maximum atomic E-state index is 5.92. The monoisotopic (exact) mass is 297 g/mol. The first kappa shape index (κ1) is 15.2. The Kier molecular flexibility index (Phi) is 4.28. The Labute approximate surface area is 134 Å². The molecule has 2 atom stereocenters. The van der Waals surface area contributed by atoms with Gasteiger partial charge in [-0.3, -0.25) is 0 Å². The summed E-state index contributed by atoms with van der Waals surface area (Å²) >= 11 is 0. The highest BCUT2D eigenvalue weighted by molar-refractivity contribution is 5.25. The highest BCUT2D eigenvalue weighted by Crippen LogP contribution is 2.44. The lowest BCUT2D eigenvalue weighted by atomic mass is 9.72. The zero-order chi connectivity index (χ0) is 15.6. The van der Waals surface area contributed by atoms with Gasteiger partial charge in [0.1, 0.15) is 12.4 Å². The molecule has 0 bridgehead atoms. The van der Waals surface area contributed by atoms with Crippen LogP contribution in [0.15, 0.2) is 54.3 Å². The molecule has 1 aromatic carbocycles. The summed E-state index contributed by atoms with van der Waals surface area (Å²) in [4.78, 5) is 2.57. The summed E-state index contributed by atoms with van der Waals surface area (Å²) in [7, 11) is 0. The van der Waals surface area contributed by atoms with Gasteiger partial charge in [-0.15, -0.1) is 0 Å². The van der Waals surface area contributed by atoms with E-state index in [1.165, 1.54) is 18.5 Å². The molecule has 1 heterocycles. The maximum Gasteiger partial charge on any atom is 0.119 e. The van der Waals surface area contributed by atoms with Crippen LogP contribution in [0.25, 0.3) is 0 Å². The molecule has 0 radical (unpaired) electrons. The molecule has 118 valence electrons. The Bertz CT molecular complexity index is 558. The minimum Gasteiger partial charge on any atom is -0.492 e. The Morgan fingerprint density at radius 3 is 2.77 bits per heavy atom. The molecule has 0 aromatic heterocycles. The minimum absolute atomic E-state index is 0.201. The number of likely N-dealkylation sites (tertiary alicyclic amines) is 1.